The molecular weight excluding hydrogens is 344 g/mol. The fraction of sp³-hybridized carbons (Fsp3) is 0.625. The summed E-state index contributed by atoms with van der Waals surface area (Å²) in [5.74, 6) is 0. The molecule has 10 nitrogen and oxygen atoms in total. The normalized spacial score (nSPS) is 10.5. The topological polar surface area (TPSA) is 151 Å². The lowest BCUT2D eigenvalue weighted by Gasteiger charge is -2.11. The van der Waals surface area contributed by atoms with Gasteiger partial charge in [0.1, 0.15) is 11.4 Å². The largest absolute Gasteiger partial charge is 0.396 e. The predicted octanol–water partition coefficient (Wildman–Crippen LogP) is 2.65. The summed E-state index contributed by atoms with van der Waals surface area (Å²) in [6, 6.07) is 2.36. The van der Waals surface area contributed by atoms with Crippen molar-refractivity contribution in [1.29, 1.82) is 0 Å². The number of nitrogens with one attached hydrogen (secondary N) is 2. The fourth-order valence-electron chi connectivity index (χ4n) is 2.44. The second-order valence-electron chi connectivity index (χ2n) is 5.82. The van der Waals surface area contributed by atoms with Crippen LogP contribution in [0.4, 0.5) is 22.7 Å². The molecule has 26 heavy (non-hydrogen) atoms. The third-order valence-corrected chi connectivity index (χ3v) is 3.81. The van der Waals surface area contributed by atoms with Crippen LogP contribution in [-0.4, -0.2) is 46.4 Å². The Morgan fingerprint density at radius 2 is 1.15 bits per heavy atom. The molecule has 0 aliphatic heterocycles. The van der Waals surface area contributed by atoms with Gasteiger partial charge in [-0.3, -0.25) is 20.2 Å². The van der Waals surface area contributed by atoms with E-state index in [1.54, 1.807) is 0 Å². The third kappa shape index (κ3) is 7.19. The van der Waals surface area contributed by atoms with E-state index in [-0.39, 0.29) is 36.0 Å². The maximum Gasteiger partial charge on any atom is 0.299 e. The number of nitrogens with zero attached hydrogens (tertiary/aromatic N) is 2. The van der Waals surface area contributed by atoms with Gasteiger partial charge in [-0.25, -0.2) is 0 Å². The number of benzene rings is 1. The maximum atomic E-state index is 11.2. The van der Waals surface area contributed by atoms with Crippen LogP contribution in [0.2, 0.25) is 0 Å². The van der Waals surface area contributed by atoms with E-state index in [1.807, 2.05) is 0 Å². The van der Waals surface area contributed by atoms with Crippen LogP contribution in [-0.2, 0) is 0 Å². The van der Waals surface area contributed by atoms with Crippen LogP contribution in [0.15, 0.2) is 12.1 Å². The molecule has 1 aromatic rings. The average molecular weight is 370 g/mol. The molecule has 0 fully saturated rings. The second-order valence-corrected chi connectivity index (χ2v) is 5.82. The Balaban J connectivity index is 2.89. The van der Waals surface area contributed by atoms with Crippen molar-refractivity contribution in [2.75, 3.05) is 36.9 Å². The van der Waals surface area contributed by atoms with Crippen LogP contribution in [0.1, 0.15) is 38.5 Å². The molecule has 1 rings (SSSR count). The van der Waals surface area contributed by atoms with Gasteiger partial charge < -0.3 is 20.8 Å². The van der Waals surface area contributed by atoms with Gasteiger partial charge in [-0.1, -0.05) is 0 Å². The second kappa shape index (κ2) is 12.0. The van der Waals surface area contributed by atoms with E-state index in [4.69, 9.17) is 10.2 Å². The zero-order chi connectivity index (χ0) is 19.4. The number of unbranched alkanes of at least 4 members (excludes halogenated alkanes) is 4. The number of aliphatic hydroxyl groups is 2. The molecule has 0 aliphatic carbocycles. The highest BCUT2D eigenvalue weighted by atomic mass is 16.6. The van der Waals surface area contributed by atoms with Crippen LogP contribution in [0.3, 0.4) is 0 Å². The van der Waals surface area contributed by atoms with Crippen molar-refractivity contribution in [3.63, 3.8) is 0 Å². The Kier molecular flexibility index (Phi) is 9.95. The summed E-state index contributed by atoms with van der Waals surface area (Å²) < 4.78 is 0. The number of anilines is 2. The average Bonchev–Trinajstić information content (AvgIpc) is 2.60. The van der Waals surface area contributed by atoms with Crippen molar-refractivity contribution < 1.29 is 20.1 Å². The van der Waals surface area contributed by atoms with Gasteiger partial charge in [0.25, 0.3) is 11.4 Å². The molecule has 1 aromatic carbocycles. The minimum Gasteiger partial charge on any atom is -0.396 e. The first-order valence-corrected chi connectivity index (χ1v) is 8.67. The molecular formula is C16H26N4O6. The fourth-order valence-corrected chi connectivity index (χ4v) is 2.44. The SMILES string of the molecule is O=[N+]([O-])c1cc([N+](=O)[O-])c(NCCCCCO)cc1NCCCCCO. The highest BCUT2D eigenvalue weighted by Gasteiger charge is 2.24. The number of rotatable bonds is 14. The summed E-state index contributed by atoms with van der Waals surface area (Å²) in [5.41, 5.74) is -0.237. The molecule has 4 N–H and O–H groups in total. The molecule has 0 radical (unpaired) electrons. The molecule has 0 spiro atoms. The van der Waals surface area contributed by atoms with Gasteiger partial charge in [0.2, 0.25) is 0 Å². The molecule has 146 valence electrons. The van der Waals surface area contributed by atoms with Crippen LogP contribution >= 0.6 is 0 Å². The van der Waals surface area contributed by atoms with Crippen LogP contribution in [0.5, 0.6) is 0 Å². The number of nitro groups is 2. The van der Waals surface area contributed by atoms with Gasteiger partial charge in [-0.15, -0.1) is 0 Å². The van der Waals surface area contributed by atoms with E-state index >= 15 is 0 Å². The lowest BCUT2D eigenvalue weighted by molar-refractivity contribution is -0.393. The van der Waals surface area contributed by atoms with Crippen LogP contribution in [0.25, 0.3) is 0 Å². The van der Waals surface area contributed by atoms with Crippen molar-refractivity contribution in [3.8, 4) is 0 Å². The van der Waals surface area contributed by atoms with Gasteiger partial charge in [-0.2, -0.15) is 0 Å². The molecule has 0 aromatic heterocycles. The zero-order valence-corrected chi connectivity index (χ0v) is 14.6. The van der Waals surface area contributed by atoms with Gasteiger partial charge >= 0.3 is 0 Å². The van der Waals surface area contributed by atoms with Crippen molar-refractivity contribution in [3.05, 3.63) is 32.4 Å². The number of hydrogen-bond acceptors (Lipinski definition) is 8. The third-order valence-electron chi connectivity index (χ3n) is 3.81. The molecule has 0 unspecified atom stereocenters. The monoisotopic (exact) mass is 370 g/mol. The standard InChI is InChI=1S/C16H26N4O6/c21-9-5-1-3-7-17-13-11-14(18-8-4-2-6-10-22)16(20(25)26)12-15(13)19(23)24/h11-12,17-18,21-22H,1-10H2. The van der Waals surface area contributed by atoms with Crippen molar-refractivity contribution in [2.45, 2.75) is 38.5 Å². The van der Waals surface area contributed by atoms with E-state index in [2.05, 4.69) is 10.6 Å². The zero-order valence-electron chi connectivity index (χ0n) is 14.6. The van der Waals surface area contributed by atoms with Gasteiger partial charge in [0, 0.05) is 26.3 Å². The van der Waals surface area contributed by atoms with Gasteiger partial charge in [0.15, 0.2) is 0 Å². The Morgan fingerprint density at radius 3 is 1.50 bits per heavy atom. The minimum absolute atomic E-state index is 0.0992. The number of nitro benzene ring substituents is 2. The molecule has 0 amide bonds. The molecule has 0 atom stereocenters. The van der Waals surface area contributed by atoms with E-state index in [0.717, 1.165) is 31.7 Å². The van der Waals surface area contributed by atoms with E-state index in [1.165, 1.54) is 6.07 Å². The lowest BCUT2D eigenvalue weighted by Crippen LogP contribution is -2.09. The first-order chi connectivity index (χ1) is 12.5. The van der Waals surface area contributed by atoms with Crippen molar-refractivity contribution in [2.24, 2.45) is 0 Å². The summed E-state index contributed by atoms with van der Waals surface area (Å²) in [4.78, 5) is 21.2. The first-order valence-electron chi connectivity index (χ1n) is 8.67. The Morgan fingerprint density at radius 1 is 0.731 bits per heavy atom. The molecule has 0 bridgehead atoms. The minimum atomic E-state index is -0.645. The summed E-state index contributed by atoms with van der Waals surface area (Å²) in [6.07, 6.45) is 4.31. The van der Waals surface area contributed by atoms with Crippen molar-refractivity contribution in [1.82, 2.24) is 0 Å². The van der Waals surface area contributed by atoms with Crippen LogP contribution in [0, 0.1) is 20.2 Å². The smallest absolute Gasteiger partial charge is 0.299 e. The van der Waals surface area contributed by atoms with E-state index in [9.17, 15) is 20.2 Å². The lowest BCUT2D eigenvalue weighted by atomic mass is 10.1. The molecule has 0 saturated carbocycles. The summed E-state index contributed by atoms with van der Waals surface area (Å²) in [5, 5.41) is 45.9. The van der Waals surface area contributed by atoms with Crippen LogP contribution < -0.4 is 10.6 Å². The number of hydrogen-bond donors (Lipinski definition) is 4. The molecule has 10 heteroatoms. The quantitative estimate of drug-likeness (QED) is 0.222. The van der Waals surface area contributed by atoms with Crippen molar-refractivity contribution >= 4 is 22.7 Å². The molecule has 0 saturated heterocycles. The maximum absolute atomic E-state index is 11.2. The highest BCUT2D eigenvalue weighted by molar-refractivity contribution is 5.76. The summed E-state index contributed by atoms with van der Waals surface area (Å²) >= 11 is 0. The Labute approximate surface area is 151 Å². The van der Waals surface area contributed by atoms with Gasteiger partial charge in [-0.05, 0) is 44.6 Å². The summed E-state index contributed by atoms with van der Waals surface area (Å²) in [6.45, 7) is 1.13. The highest BCUT2D eigenvalue weighted by Crippen LogP contribution is 2.36. The Hall–Kier alpha value is -2.46. The molecule has 0 aliphatic rings. The number of aliphatic hydroxyl groups excluding tert-OH is 2. The molecule has 0 heterocycles. The Bertz CT molecular complexity index is 549. The van der Waals surface area contributed by atoms with E-state index in [0.29, 0.717) is 25.9 Å². The van der Waals surface area contributed by atoms with Gasteiger partial charge in [0.05, 0.1) is 15.9 Å². The van der Waals surface area contributed by atoms with E-state index < -0.39 is 9.85 Å². The first kappa shape index (κ1) is 21.6. The summed E-state index contributed by atoms with van der Waals surface area (Å²) in [7, 11) is 0. The predicted molar refractivity (Wildman–Crippen MR) is 98.6 cm³/mol.